The van der Waals surface area contributed by atoms with Crippen molar-refractivity contribution in [2.24, 2.45) is 0 Å². The van der Waals surface area contributed by atoms with Gasteiger partial charge in [0, 0.05) is 53.3 Å². The number of methoxy groups -OCH3 is 1. The van der Waals surface area contributed by atoms with Gasteiger partial charge in [-0.25, -0.2) is 4.98 Å². The molecule has 2 aromatic heterocycles. The van der Waals surface area contributed by atoms with Crippen LogP contribution in [0.4, 0.5) is 11.4 Å². The first-order valence-electron chi connectivity index (χ1n) is 20.1. The molecule has 13 nitrogen and oxygen atoms in total. The summed E-state index contributed by atoms with van der Waals surface area (Å²) in [7, 11) is 1.55. The summed E-state index contributed by atoms with van der Waals surface area (Å²) in [5.74, 6) is 0.185. The van der Waals surface area contributed by atoms with E-state index in [0.29, 0.717) is 83.8 Å². The van der Waals surface area contributed by atoms with Crippen molar-refractivity contribution >= 4 is 63.3 Å². The lowest BCUT2D eigenvalue weighted by atomic mass is 10.0. The molecule has 0 spiro atoms. The number of pyridine rings is 1. The fourth-order valence-electron chi connectivity index (χ4n) is 8.12. The number of likely N-dealkylation sites (tertiary alicyclic amines) is 2. The normalized spacial score (nSPS) is 16.6. The van der Waals surface area contributed by atoms with Gasteiger partial charge in [0.2, 0.25) is 23.6 Å². The van der Waals surface area contributed by atoms with Crippen LogP contribution >= 0.6 is 11.6 Å². The van der Waals surface area contributed by atoms with E-state index >= 15 is 0 Å². The van der Waals surface area contributed by atoms with Gasteiger partial charge in [-0.3, -0.25) is 24.0 Å². The molecule has 310 valence electrons. The number of furan rings is 1. The van der Waals surface area contributed by atoms with E-state index in [0.717, 1.165) is 11.1 Å². The molecule has 14 heteroatoms. The first-order valence-corrected chi connectivity index (χ1v) is 20.4. The van der Waals surface area contributed by atoms with E-state index in [9.17, 15) is 24.0 Å². The second-order valence-electron chi connectivity index (χ2n) is 15.0. The number of amides is 5. The van der Waals surface area contributed by atoms with E-state index < -0.39 is 18.1 Å². The number of aromatic nitrogens is 1. The van der Waals surface area contributed by atoms with Gasteiger partial charge in [-0.05, 0) is 104 Å². The third-order valence-corrected chi connectivity index (χ3v) is 11.3. The lowest BCUT2D eigenvalue weighted by Gasteiger charge is -2.28. The molecule has 2 fully saturated rings. The van der Waals surface area contributed by atoms with Crippen LogP contribution in [0.2, 0.25) is 5.15 Å². The molecule has 0 radical (unpaired) electrons. The molecule has 4 aromatic carbocycles. The SMILES string of the molecule is COc1cccc2c(C(=O)N3CCC[C@H]3C(=O)Nc3ccc(-c4ccc(-c5ccc(NC(=O)[C@@H]6CCCN6C(=O)[C@H](NC(C)=O)c6ccccc6)cc5)o4)cc3)nc(Cl)cc12. The summed E-state index contributed by atoms with van der Waals surface area (Å²) in [5.41, 5.74) is 3.55. The highest BCUT2D eigenvalue weighted by Gasteiger charge is 2.39. The summed E-state index contributed by atoms with van der Waals surface area (Å²) in [6, 6.07) is 32.0. The fraction of sp³-hybridized carbons (Fsp3) is 0.234. The number of carbonyl (C=O) groups is 5. The molecule has 0 unspecified atom stereocenters. The van der Waals surface area contributed by atoms with Crippen LogP contribution < -0.4 is 20.7 Å². The Morgan fingerprint density at radius 1 is 0.721 bits per heavy atom. The van der Waals surface area contributed by atoms with Crippen molar-refractivity contribution in [3.05, 3.63) is 132 Å². The molecule has 6 aromatic rings. The van der Waals surface area contributed by atoms with E-state index in [2.05, 4.69) is 20.9 Å². The lowest BCUT2D eigenvalue weighted by Crippen LogP contribution is -2.48. The van der Waals surface area contributed by atoms with Gasteiger partial charge in [-0.15, -0.1) is 0 Å². The molecule has 2 aliphatic heterocycles. The zero-order chi connectivity index (χ0) is 42.6. The number of hydrogen-bond acceptors (Lipinski definition) is 8. The molecule has 0 aliphatic carbocycles. The molecule has 61 heavy (non-hydrogen) atoms. The van der Waals surface area contributed by atoms with Gasteiger partial charge in [0.15, 0.2) is 0 Å². The van der Waals surface area contributed by atoms with Gasteiger partial charge in [0.05, 0.1) is 7.11 Å². The molecule has 2 aliphatic rings. The third kappa shape index (κ3) is 8.69. The number of hydrogen-bond donors (Lipinski definition) is 3. The van der Waals surface area contributed by atoms with E-state index in [1.807, 2.05) is 42.5 Å². The van der Waals surface area contributed by atoms with Gasteiger partial charge in [0.1, 0.15) is 46.2 Å². The predicted molar refractivity (Wildman–Crippen MR) is 232 cm³/mol. The van der Waals surface area contributed by atoms with Crippen LogP contribution in [-0.4, -0.2) is 76.6 Å². The van der Waals surface area contributed by atoms with Gasteiger partial charge in [0.25, 0.3) is 5.91 Å². The molecular formula is C47H43ClN6O7. The standard InChI is InChI=1S/C47H43ClN6O7/c1-28(55)49-42(31-9-4-3-5-10-31)46(58)53-25-7-12-36(53)44(56)50-32-19-15-29(16-20-32)38-23-24-39(61-38)30-17-21-33(22-18-30)51-45(57)37-13-8-26-54(37)47(59)43-34-11-6-14-40(60-2)35(34)27-41(48)52-43/h3-6,9-11,14-24,27,36-37,42H,7-8,12-13,25-26H2,1-2H3,(H,49,55)(H,50,56)(H,51,57)/t36-,37-,42+/m0/s1. The van der Waals surface area contributed by atoms with Crippen LogP contribution in [0.15, 0.2) is 120 Å². The molecule has 3 N–H and O–H groups in total. The summed E-state index contributed by atoms with van der Waals surface area (Å²) in [6.45, 7) is 2.19. The largest absolute Gasteiger partial charge is 0.496 e. The second-order valence-corrected chi connectivity index (χ2v) is 15.4. The summed E-state index contributed by atoms with van der Waals surface area (Å²) >= 11 is 6.33. The van der Waals surface area contributed by atoms with Gasteiger partial charge in [-0.1, -0.05) is 54.1 Å². The lowest BCUT2D eigenvalue weighted by molar-refractivity contribution is -0.140. The van der Waals surface area contributed by atoms with Crippen LogP contribution in [0.5, 0.6) is 5.75 Å². The number of ether oxygens (including phenoxy) is 1. The van der Waals surface area contributed by atoms with Gasteiger partial charge >= 0.3 is 0 Å². The summed E-state index contributed by atoms with van der Waals surface area (Å²) < 4.78 is 11.7. The number of fused-ring (bicyclic) bond motifs is 1. The maximum Gasteiger partial charge on any atom is 0.273 e. The number of rotatable bonds is 11. The number of halogens is 1. The highest BCUT2D eigenvalue weighted by Crippen LogP contribution is 2.33. The van der Waals surface area contributed by atoms with Gasteiger partial charge < -0.3 is 34.9 Å². The van der Waals surface area contributed by atoms with E-state index in [1.165, 1.54) is 6.92 Å². The van der Waals surface area contributed by atoms with Gasteiger partial charge in [-0.2, -0.15) is 0 Å². The number of nitrogens with zero attached hydrogens (tertiary/aromatic N) is 3. The monoisotopic (exact) mass is 838 g/mol. The second kappa shape index (κ2) is 17.7. The Morgan fingerprint density at radius 2 is 1.30 bits per heavy atom. The summed E-state index contributed by atoms with van der Waals surface area (Å²) in [4.78, 5) is 74.0. The fourth-order valence-corrected chi connectivity index (χ4v) is 8.31. The molecule has 8 rings (SSSR count). The van der Waals surface area contributed by atoms with Crippen molar-refractivity contribution in [2.75, 3.05) is 30.8 Å². The average molecular weight is 839 g/mol. The zero-order valence-corrected chi connectivity index (χ0v) is 34.3. The Morgan fingerprint density at radius 3 is 1.87 bits per heavy atom. The zero-order valence-electron chi connectivity index (χ0n) is 33.5. The minimum absolute atomic E-state index is 0.158. The molecule has 4 heterocycles. The van der Waals surface area contributed by atoms with E-state index in [4.69, 9.17) is 20.8 Å². The molecule has 5 amide bonds. The molecule has 0 saturated carbocycles. The van der Waals surface area contributed by atoms with Crippen molar-refractivity contribution in [1.29, 1.82) is 0 Å². The van der Waals surface area contributed by atoms with Crippen molar-refractivity contribution < 1.29 is 33.1 Å². The number of benzene rings is 4. The minimum Gasteiger partial charge on any atom is -0.496 e. The van der Waals surface area contributed by atoms with Crippen LogP contribution in [0.3, 0.4) is 0 Å². The van der Waals surface area contributed by atoms with Crippen LogP contribution in [0.25, 0.3) is 33.4 Å². The quantitative estimate of drug-likeness (QED) is 0.111. The third-order valence-electron chi connectivity index (χ3n) is 11.1. The summed E-state index contributed by atoms with van der Waals surface area (Å²) in [6.07, 6.45) is 2.36. The molecular weight excluding hydrogens is 796 g/mol. The molecule has 2 saturated heterocycles. The average Bonchev–Trinajstić information content (AvgIpc) is 4.08. The van der Waals surface area contributed by atoms with Crippen molar-refractivity contribution in [2.45, 2.75) is 50.7 Å². The molecule has 0 bridgehead atoms. The minimum atomic E-state index is -0.887. The highest BCUT2D eigenvalue weighted by molar-refractivity contribution is 6.30. The predicted octanol–water partition coefficient (Wildman–Crippen LogP) is 7.87. The van der Waals surface area contributed by atoms with Crippen LogP contribution in [0.1, 0.15) is 54.7 Å². The van der Waals surface area contributed by atoms with E-state index in [1.54, 1.807) is 89.7 Å². The van der Waals surface area contributed by atoms with E-state index in [-0.39, 0.29) is 40.4 Å². The topological polar surface area (TPSA) is 163 Å². The van der Waals surface area contributed by atoms with Crippen LogP contribution in [-0.2, 0) is 19.2 Å². The number of anilines is 2. The Hall–Kier alpha value is -6.99. The highest BCUT2D eigenvalue weighted by atomic mass is 35.5. The number of nitrogens with one attached hydrogen (secondary N) is 3. The van der Waals surface area contributed by atoms with Crippen molar-refractivity contribution in [1.82, 2.24) is 20.1 Å². The Labute approximate surface area is 357 Å². The number of carbonyl (C=O) groups excluding carboxylic acids is 5. The Bertz CT molecular complexity index is 2610. The first-order chi connectivity index (χ1) is 29.6. The summed E-state index contributed by atoms with van der Waals surface area (Å²) in [5, 5.41) is 10.1. The first kappa shape index (κ1) is 40.8. The maximum atomic E-state index is 13.8. The van der Waals surface area contributed by atoms with Crippen LogP contribution in [0, 0.1) is 0 Å². The Kier molecular flexibility index (Phi) is 11.8. The molecule has 3 atom stereocenters. The smallest absolute Gasteiger partial charge is 0.273 e. The van der Waals surface area contributed by atoms with Crippen molar-refractivity contribution in [3.8, 4) is 28.4 Å². The maximum absolute atomic E-state index is 13.8. The Balaban J connectivity index is 0.884. The van der Waals surface area contributed by atoms with Crippen molar-refractivity contribution in [3.63, 3.8) is 0 Å².